The van der Waals surface area contributed by atoms with Crippen molar-refractivity contribution < 1.29 is 18.0 Å². The zero-order chi connectivity index (χ0) is 17.9. The summed E-state index contributed by atoms with van der Waals surface area (Å²) in [5.74, 6) is -0.422. The van der Waals surface area contributed by atoms with Crippen LogP contribution in [-0.2, 0) is 6.18 Å². The summed E-state index contributed by atoms with van der Waals surface area (Å²) < 4.78 is 42.1. The molecule has 0 saturated heterocycles. The summed E-state index contributed by atoms with van der Waals surface area (Å²) in [4.78, 5) is 12.9. The fraction of sp³-hybridized carbons (Fsp3) is 0.0625. The molecule has 1 N–H and O–H groups in total. The van der Waals surface area contributed by atoms with Crippen LogP contribution >= 0.6 is 23.3 Å². The van der Waals surface area contributed by atoms with E-state index in [-0.39, 0.29) is 5.69 Å². The van der Waals surface area contributed by atoms with E-state index in [1.165, 1.54) is 12.1 Å². The Hall–Kier alpha value is -2.39. The molecular weight excluding hydrogens is 371 g/mol. The van der Waals surface area contributed by atoms with Crippen LogP contribution in [0.5, 0.6) is 0 Å². The predicted octanol–water partition coefficient (Wildman–Crippen LogP) is 4.96. The highest BCUT2D eigenvalue weighted by Crippen LogP contribution is 2.35. The fourth-order valence-electron chi connectivity index (χ4n) is 1.92. The smallest absolute Gasteiger partial charge is 0.321 e. The lowest BCUT2D eigenvalue weighted by atomic mass is 10.2. The van der Waals surface area contributed by atoms with Gasteiger partial charge in [0.2, 0.25) is 0 Å². The number of para-hydroxylation sites is 1. The van der Waals surface area contributed by atoms with Crippen molar-refractivity contribution in [2.75, 3.05) is 5.32 Å². The van der Waals surface area contributed by atoms with E-state index in [2.05, 4.69) is 14.9 Å². The molecule has 0 unspecified atom stereocenters. The average Bonchev–Trinajstić information content (AvgIpc) is 3.04. The Bertz CT molecular complexity index is 864. The van der Waals surface area contributed by atoms with E-state index in [1.807, 2.05) is 6.07 Å². The van der Waals surface area contributed by atoms with Gasteiger partial charge in [0.25, 0.3) is 5.91 Å². The number of hydrogen-bond acceptors (Lipinski definition) is 5. The molecule has 9 heteroatoms. The van der Waals surface area contributed by atoms with Crippen LogP contribution in [-0.4, -0.2) is 15.5 Å². The van der Waals surface area contributed by atoms with Crippen molar-refractivity contribution in [3.63, 3.8) is 0 Å². The van der Waals surface area contributed by atoms with Crippen molar-refractivity contribution in [1.29, 1.82) is 0 Å². The Morgan fingerprint density at radius 3 is 2.36 bits per heavy atom. The molecule has 0 aliphatic carbocycles. The van der Waals surface area contributed by atoms with Crippen molar-refractivity contribution in [2.45, 2.75) is 15.3 Å². The van der Waals surface area contributed by atoms with Crippen molar-refractivity contribution in [3.05, 3.63) is 65.9 Å². The molecule has 2 aromatic carbocycles. The number of halogens is 3. The molecule has 0 bridgehead atoms. The summed E-state index contributed by atoms with van der Waals surface area (Å²) >= 11 is 2.16. The number of carbonyl (C=O) groups is 1. The van der Waals surface area contributed by atoms with Crippen molar-refractivity contribution in [2.24, 2.45) is 0 Å². The number of alkyl halides is 3. The topological polar surface area (TPSA) is 54.9 Å². The Morgan fingerprint density at radius 1 is 1.04 bits per heavy atom. The second-order valence-corrected chi connectivity index (χ2v) is 6.95. The van der Waals surface area contributed by atoms with Gasteiger partial charge in [-0.1, -0.05) is 34.4 Å². The molecule has 3 aromatic rings. The maximum atomic E-state index is 12.6. The van der Waals surface area contributed by atoms with Gasteiger partial charge in [0.05, 0.1) is 5.56 Å². The van der Waals surface area contributed by atoms with Crippen LogP contribution in [0.4, 0.5) is 18.9 Å². The van der Waals surface area contributed by atoms with Crippen LogP contribution in [0, 0.1) is 0 Å². The van der Waals surface area contributed by atoms with E-state index in [4.69, 9.17) is 0 Å². The molecule has 0 fully saturated rings. The molecule has 0 atom stereocenters. The first-order chi connectivity index (χ1) is 11.9. The number of benzene rings is 2. The second kappa shape index (κ2) is 7.24. The summed E-state index contributed by atoms with van der Waals surface area (Å²) in [6.07, 6.45) is -4.38. The molecular formula is C16H10F3N3OS2. The number of nitrogens with one attached hydrogen (secondary N) is 1. The van der Waals surface area contributed by atoms with Crippen molar-refractivity contribution in [3.8, 4) is 0 Å². The molecule has 1 amide bonds. The molecule has 1 aromatic heterocycles. The molecule has 0 aliphatic heterocycles. The Labute approximate surface area is 149 Å². The molecule has 0 radical (unpaired) electrons. The van der Waals surface area contributed by atoms with Gasteiger partial charge in [-0.05, 0) is 47.9 Å². The van der Waals surface area contributed by atoms with E-state index in [1.54, 1.807) is 24.3 Å². The highest BCUT2D eigenvalue weighted by atomic mass is 32.2. The van der Waals surface area contributed by atoms with Gasteiger partial charge in [0.15, 0.2) is 5.69 Å². The van der Waals surface area contributed by atoms with E-state index < -0.39 is 17.6 Å². The lowest BCUT2D eigenvalue weighted by molar-refractivity contribution is -0.137. The first-order valence-corrected chi connectivity index (χ1v) is 8.56. The normalized spacial score (nSPS) is 11.3. The molecule has 4 nitrogen and oxygen atoms in total. The highest BCUT2D eigenvalue weighted by molar-refractivity contribution is 8.01. The van der Waals surface area contributed by atoms with Gasteiger partial charge in [0, 0.05) is 10.6 Å². The number of aromatic nitrogens is 2. The molecule has 1 heterocycles. The standard InChI is InChI=1S/C16H10F3N3OS2/c17-16(18,19)10-6-8-12(9-7-10)24-15-13(21-22-25-15)14(23)20-11-4-2-1-3-5-11/h1-9H,(H,20,23). The summed E-state index contributed by atoms with van der Waals surface area (Å²) in [5, 5.41) is 6.52. The second-order valence-electron chi connectivity index (χ2n) is 4.85. The van der Waals surface area contributed by atoms with Crippen molar-refractivity contribution in [1.82, 2.24) is 9.59 Å². The monoisotopic (exact) mass is 381 g/mol. The Morgan fingerprint density at radius 2 is 1.72 bits per heavy atom. The average molecular weight is 381 g/mol. The van der Waals surface area contributed by atoms with E-state index in [9.17, 15) is 18.0 Å². The quantitative estimate of drug-likeness (QED) is 0.694. The van der Waals surface area contributed by atoms with Crippen LogP contribution in [0.1, 0.15) is 16.1 Å². The molecule has 128 valence electrons. The largest absolute Gasteiger partial charge is 0.416 e. The minimum atomic E-state index is -4.38. The zero-order valence-corrected chi connectivity index (χ0v) is 14.1. The van der Waals surface area contributed by atoms with Gasteiger partial charge < -0.3 is 5.32 Å². The first-order valence-electron chi connectivity index (χ1n) is 6.97. The fourth-order valence-corrected chi connectivity index (χ4v) is 3.59. The third-order valence-electron chi connectivity index (χ3n) is 3.10. The number of anilines is 1. The lowest BCUT2D eigenvalue weighted by Gasteiger charge is -2.07. The van der Waals surface area contributed by atoms with E-state index in [0.717, 1.165) is 35.4 Å². The van der Waals surface area contributed by atoms with Crippen LogP contribution in [0.25, 0.3) is 0 Å². The van der Waals surface area contributed by atoms with Gasteiger partial charge in [-0.2, -0.15) is 13.2 Å². The minimum absolute atomic E-state index is 0.138. The van der Waals surface area contributed by atoms with Gasteiger partial charge >= 0.3 is 6.18 Å². The van der Waals surface area contributed by atoms with Crippen LogP contribution < -0.4 is 5.32 Å². The van der Waals surface area contributed by atoms with Crippen LogP contribution in [0.15, 0.2) is 63.7 Å². The van der Waals surface area contributed by atoms with Crippen LogP contribution in [0.2, 0.25) is 0 Å². The maximum Gasteiger partial charge on any atom is 0.416 e. The Balaban J connectivity index is 1.74. The number of nitrogens with zero attached hydrogens (tertiary/aromatic N) is 2. The van der Waals surface area contributed by atoms with Gasteiger partial charge in [-0.15, -0.1) is 5.10 Å². The lowest BCUT2D eigenvalue weighted by Crippen LogP contribution is -2.13. The summed E-state index contributed by atoms with van der Waals surface area (Å²) in [5.41, 5.74) is 0.0334. The van der Waals surface area contributed by atoms with Gasteiger partial charge in [-0.3, -0.25) is 4.79 Å². The van der Waals surface area contributed by atoms with Gasteiger partial charge in [0.1, 0.15) is 4.21 Å². The third kappa shape index (κ3) is 4.37. The number of carbonyl (C=O) groups excluding carboxylic acids is 1. The molecule has 0 spiro atoms. The van der Waals surface area contributed by atoms with Crippen molar-refractivity contribution >= 4 is 34.9 Å². The third-order valence-corrected chi connectivity index (χ3v) is 4.98. The summed E-state index contributed by atoms with van der Waals surface area (Å²) in [6, 6.07) is 13.6. The highest BCUT2D eigenvalue weighted by Gasteiger charge is 2.30. The zero-order valence-electron chi connectivity index (χ0n) is 12.4. The molecule has 0 aliphatic rings. The SMILES string of the molecule is O=C(Nc1ccccc1)c1nnsc1Sc1ccc(C(F)(F)F)cc1. The number of hydrogen-bond donors (Lipinski definition) is 1. The first kappa shape index (κ1) is 17.4. The van der Waals surface area contributed by atoms with E-state index >= 15 is 0 Å². The predicted molar refractivity (Wildman–Crippen MR) is 89.9 cm³/mol. The minimum Gasteiger partial charge on any atom is -0.321 e. The maximum absolute atomic E-state index is 12.6. The Kier molecular flexibility index (Phi) is 5.05. The summed E-state index contributed by atoms with van der Waals surface area (Å²) in [7, 11) is 0. The number of amides is 1. The van der Waals surface area contributed by atoms with E-state index in [0.29, 0.717) is 14.8 Å². The molecule has 0 saturated carbocycles. The summed E-state index contributed by atoms with van der Waals surface area (Å²) in [6.45, 7) is 0. The molecule has 25 heavy (non-hydrogen) atoms. The van der Waals surface area contributed by atoms with Gasteiger partial charge in [-0.25, -0.2) is 0 Å². The van der Waals surface area contributed by atoms with Crippen LogP contribution in [0.3, 0.4) is 0 Å². The molecule has 3 rings (SSSR count). The number of rotatable bonds is 4.